The molecule has 202 valence electrons. The summed E-state index contributed by atoms with van der Waals surface area (Å²) in [6.45, 7) is 11.4. The van der Waals surface area contributed by atoms with Gasteiger partial charge in [0.15, 0.2) is 0 Å². The van der Waals surface area contributed by atoms with E-state index in [1.807, 2.05) is 17.0 Å². The van der Waals surface area contributed by atoms with Gasteiger partial charge in [-0.05, 0) is 48.3 Å². The summed E-state index contributed by atoms with van der Waals surface area (Å²) >= 11 is 0. The number of carbonyl (C=O) groups is 2. The van der Waals surface area contributed by atoms with Crippen molar-refractivity contribution in [3.05, 3.63) is 29.3 Å². The number of ether oxygens (including phenoxy) is 1. The predicted octanol–water partition coefficient (Wildman–Crippen LogP) is 4.32. The van der Waals surface area contributed by atoms with E-state index in [-0.39, 0.29) is 36.4 Å². The normalized spacial score (nSPS) is 21.9. The third kappa shape index (κ3) is 7.00. The van der Waals surface area contributed by atoms with E-state index in [2.05, 4.69) is 38.7 Å². The maximum Gasteiger partial charge on any atom is 0.308 e. The molecule has 1 aromatic rings. The van der Waals surface area contributed by atoms with E-state index in [1.165, 1.54) is 0 Å². The molecule has 3 atom stereocenters. The molecule has 1 fully saturated rings. The summed E-state index contributed by atoms with van der Waals surface area (Å²) in [5.41, 5.74) is 2.15. The van der Waals surface area contributed by atoms with E-state index >= 15 is 0 Å². The third-order valence-electron chi connectivity index (χ3n) is 7.92. The van der Waals surface area contributed by atoms with Crippen LogP contribution in [0.15, 0.2) is 18.2 Å². The van der Waals surface area contributed by atoms with E-state index < -0.39 is 11.9 Å². The van der Waals surface area contributed by atoms with Crippen LogP contribution in [0.4, 0.5) is 0 Å². The Morgan fingerprint density at radius 3 is 2.58 bits per heavy atom. The lowest BCUT2D eigenvalue weighted by molar-refractivity contribution is -0.144. The maximum atomic E-state index is 13.5. The number of carboxylic acid groups (broad SMARTS) is 1. The average molecular weight is 503 g/mol. The highest BCUT2D eigenvalue weighted by atomic mass is 16.5. The van der Waals surface area contributed by atoms with Crippen LogP contribution in [0.1, 0.15) is 83.3 Å². The molecular weight excluding hydrogens is 456 g/mol. The lowest BCUT2D eigenvalue weighted by Crippen LogP contribution is -2.46. The summed E-state index contributed by atoms with van der Waals surface area (Å²) in [5.74, 6) is -0.609. The highest BCUT2D eigenvalue weighted by Crippen LogP contribution is 2.44. The molecule has 2 heterocycles. The van der Waals surface area contributed by atoms with Crippen molar-refractivity contribution in [2.45, 2.75) is 84.6 Å². The van der Waals surface area contributed by atoms with Crippen molar-refractivity contribution in [2.24, 2.45) is 11.3 Å². The van der Waals surface area contributed by atoms with E-state index in [0.717, 1.165) is 55.4 Å². The largest absolute Gasteiger partial charge is 0.493 e. The molecule has 1 amide bonds. The molecule has 2 aliphatic rings. The van der Waals surface area contributed by atoms with Gasteiger partial charge >= 0.3 is 5.97 Å². The second-order valence-electron chi connectivity index (χ2n) is 11.4. The van der Waals surface area contributed by atoms with Crippen LogP contribution in [0.5, 0.6) is 5.75 Å². The summed E-state index contributed by atoms with van der Waals surface area (Å²) in [6, 6.07) is 5.89. The number of aliphatic carboxylic acids is 1. The van der Waals surface area contributed by atoms with Crippen molar-refractivity contribution in [3.63, 3.8) is 0 Å². The van der Waals surface area contributed by atoms with Gasteiger partial charge in [-0.3, -0.25) is 14.5 Å². The lowest BCUT2D eigenvalue weighted by Gasteiger charge is -2.35. The summed E-state index contributed by atoms with van der Waals surface area (Å²) < 4.78 is 5.67. The molecule has 7 nitrogen and oxygen atoms in total. The first kappa shape index (κ1) is 28.5. The molecule has 7 heteroatoms. The van der Waals surface area contributed by atoms with Gasteiger partial charge in [0.05, 0.1) is 19.1 Å². The first-order chi connectivity index (χ1) is 17.2. The topological polar surface area (TPSA) is 90.3 Å². The average Bonchev–Trinajstić information content (AvgIpc) is 3.43. The second-order valence-corrected chi connectivity index (χ2v) is 11.4. The van der Waals surface area contributed by atoms with E-state index in [4.69, 9.17) is 4.74 Å². The van der Waals surface area contributed by atoms with Crippen molar-refractivity contribution in [2.75, 3.05) is 39.4 Å². The fourth-order valence-electron chi connectivity index (χ4n) is 6.11. The van der Waals surface area contributed by atoms with Crippen LogP contribution in [-0.4, -0.2) is 77.3 Å². The molecule has 2 aliphatic heterocycles. The van der Waals surface area contributed by atoms with Crippen LogP contribution < -0.4 is 4.74 Å². The van der Waals surface area contributed by atoms with Gasteiger partial charge in [0.1, 0.15) is 5.75 Å². The number of aliphatic hydroxyl groups is 1. The van der Waals surface area contributed by atoms with Gasteiger partial charge in [-0.2, -0.15) is 0 Å². The Morgan fingerprint density at radius 1 is 1.17 bits per heavy atom. The minimum absolute atomic E-state index is 0.0200. The molecule has 3 rings (SSSR count). The van der Waals surface area contributed by atoms with Crippen LogP contribution in [0.3, 0.4) is 0 Å². The summed E-state index contributed by atoms with van der Waals surface area (Å²) in [4.78, 5) is 30.2. The molecule has 1 aromatic carbocycles. The fourth-order valence-corrected chi connectivity index (χ4v) is 6.11. The van der Waals surface area contributed by atoms with Gasteiger partial charge in [-0.1, -0.05) is 52.7 Å². The molecule has 1 unspecified atom stereocenters. The Hall–Kier alpha value is -2.12. The van der Waals surface area contributed by atoms with Crippen molar-refractivity contribution in [1.29, 1.82) is 0 Å². The highest BCUT2D eigenvalue weighted by Gasteiger charge is 2.48. The number of unbranched alkanes of at least 4 members (excludes halogenated alkanes) is 1. The number of carbonyl (C=O) groups excluding carboxylic acids is 1. The second kappa shape index (κ2) is 12.9. The van der Waals surface area contributed by atoms with Crippen molar-refractivity contribution < 1.29 is 24.5 Å². The molecule has 0 aromatic heterocycles. The molecule has 2 N–H and O–H groups in total. The fraction of sp³-hybridized carbons (Fsp3) is 0.724. The standard InChI is InChI=1S/C29H46N2O5/c1-5-7-13-30(14-8-15-32)26(33)20-31-19-23(21-9-10-25-22(17-21)11-16-36-25)27(28(34)35)24(31)18-29(3,4)12-6-2/h9-10,17,23-24,27,32H,5-8,11-16,18-20H2,1-4H3,(H,34,35)/t23-,24+,27?/m1/s1. The number of hydrogen-bond donors (Lipinski definition) is 2. The number of rotatable bonds is 14. The van der Waals surface area contributed by atoms with Crippen LogP contribution >= 0.6 is 0 Å². The zero-order chi connectivity index (χ0) is 26.3. The van der Waals surface area contributed by atoms with E-state index in [1.54, 1.807) is 0 Å². The highest BCUT2D eigenvalue weighted by molar-refractivity contribution is 5.79. The van der Waals surface area contributed by atoms with Gasteiger partial charge in [0.2, 0.25) is 5.91 Å². The van der Waals surface area contributed by atoms with Crippen LogP contribution in [0.25, 0.3) is 0 Å². The van der Waals surface area contributed by atoms with E-state index in [0.29, 0.717) is 32.7 Å². The first-order valence-electron chi connectivity index (χ1n) is 13.8. The number of hydrogen-bond acceptors (Lipinski definition) is 5. The number of aliphatic hydroxyl groups excluding tert-OH is 1. The number of likely N-dealkylation sites (tertiary alicyclic amines) is 1. The quantitative estimate of drug-likeness (QED) is 0.394. The molecular formula is C29H46N2O5. The van der Waals surface area contributed by atoms with Gasteiger partial charge in [0, 0.05) is 44.6 Å². The number of carboxylic acids is 1. The molecule has 0 spiro atoms. The van der Waals surface area contributed by atoms with Gasteiger partial charge < -0.3 is 19.8 Å². The number of nitrogens with zero attached hydrogens (tertiary/aromatic N) is 2. The zero-order valence-corrected chi connectivity index (χ0v) is 22.7. The van der Waals surface area contributed by atoms with Crippen molar-refractivity contribution in [1.82, 2.24) is 9.80 Å². The van der Waals surface area contributed by atoms with E-state index in [9.17, 15) is 19.8 Å². The summed E-state index contributed by atoms with van der Waals surface area (Å²) in [6.07, 6.45) is 6.10. The van der Waals surface area contributed by atoms with Crippen LogP contribution in [0.2, 0.25) is 0 Å². The summed E-state index contributed by atoms with van der Waals surface area (Å²) in [7, 11) is 0. The van der Waals surface area contributed by atoms with Crippen LogP contribution in [-0.2, 0) is 16.0 Å². The minimum atomic E-state index is -0.785. The zero-order valence-electron chi connectivity index (χ0n) is 22.7. The maximum absolute atomic E-state index is 13.5. The molecule has 0 saturated carbocycles. The lowest BCUT2D eigenvalue weighted by atomic mass is 9.76. The Kier molecular flexibility index (Phi) is 10.2. The molecule has 0 aliphatic carbocycles. The smallest absolute Gasteiger partial charge is 0.308 e. The molecule has 1 saturated heterocycles. The van der Waals surface area contributed by atoms with Crippen molar-refractivity contribution in [3.8, 4) is 5.75 Å². The first-order valence-corrected chi connectivity index (χ1v) is 13.8. The molecule has 0 bridgehead atoms. The molecule has 36 heavy (non-hydrogen) atoms. The Bertz CT molecular complexity index is 878. The summed E-state index contributed by atoms with van der Waals surface area (Å²) in [5, 5.41) is 19.8. The minimum Gasteiger partial charge on any atom is -0.493 e. The Balaban J connectivity index is 1.90. The third-order valence-corrected chi connectivity index (χ3v) is 7.92. The Morgan fingerprint density at radius 2 is 1.92 bits per heavy atom. The van der Waals surface area contributed by atoms with Crippen LogP contribution in [0, 0.1) is 11.3 Å². The molecule has 0 radical (unpaired) electrons. The SMILES string of the molecule is CCCCN(CCCO)C(=O)CN1C[C@H](c2ccc3c(c2)CCO3)C(C(=O)O)[C@@H]1CC(C)(C)CCC. The van der Waals surface area contributed by atoms with Gasteiger partial charge in [-0.15, -0.1) is 0 Å². The monoisotopic (exact) mass is 502 g/mol. The van der Waals surface area contributed by atoms with Crippen molar-refractivity contribution >= 4 is 11.9 Å². The number of benzene rings is 1. The number of amides is 1. The predicted molar refractivity (Wildman–Crippen MR) is 141 cm³/mol. The Labute approximate surface area is 216 Å². The number of fused-ring (bicyclic) bond motifs is 1. The van der Waals surface area contributed by atoms with Gasteiger partial charge in [-0.25, -0.2) is 0 Å². The van der Waals surface area contributed by atoms with Gasteiger partial charge in [0.25, 0.3) is 0 Å².